The summed E-state index contributed by atoms with van der Waals surface area (Å²) in [6.07, 6.45) is 1.37. The number of aryl methyl sites for hydroxylation is 1. The smallest absolute Gasteiger partial charge is 0.244 e. The van der Waals surface area contributed by atoms with Crippen molar-refractivity contribution >= 4 is 33.3 Å². The van der Waals surface area contributed by atoms with Gasteiger partial charge >= 0.3 is 0 Å². The normalized spacial score (nSPS) is 12.0. The summed E-state index contributed by atoms with van der Waals surface area (Å²) in [6, 6.07) is 12.9. The van der Waals surface area contributed by atoms with E-state index in [2.05, 4.69) is 5.32 Å². The van der Waals surface area contributed by atoms with E-state index >= 15 is 0 Å². The molecule has 0 spiro atoms. The van der Waals surface area contributed by atoms with Gasteiger partial charge in [0.15, 0.2) is 5.78 Å². The third-order valence-electron chi connectivity index (χ3n) is 5.56. The number of amides is 2. The van der Waals surface area contributed by atoms with E-state index in [4.69, 9.17) is 0 Å². The minimum atomic E-state index is -3.86. The number of hydrogen-bond donors (Lipinski definition) is 1. The summed E-state index contributed by atoms with van der Waals surface area (Å²) in [5, 5.41) is 2.77. The van der Waals surface area contributed by atoms with E-state index in [1.807, 2.05) is 38.1 Å². The zero-order chi connectivity index (χ0) is 25.5. The van der Waals surface area contributed by atoms with E-state index in [1.54, 1.807) is 19.1 Å². The molecule has 0 aliphatic heterocycles. The fourth-order valence-electron chi connectivity index (χ4n) is 3.68. The second-order valence-corrected chi connectivity index (χ2v) is 10.0. The molecule has 0 aromatic heterocycles. The van der Waals surface area contributed by atoms with Crippen molar-refractivity contribution in [1.82, 2.24) is 10.2 Å². The number of Topliss-reactive ketones (excluding diaryl/α,β-unsaturated/α-hetero) is 1. The van der Waals surface area contributed by atoms with Crippen LogP contribution >= 0.6 is 0 Å². The fourth-order valence-corrected chi connectivity index (χ4v) is 4.52. The van der Waals surface area contributed by atoms with Gasteiger partial charge in [-0.1, -0.05) is 43.3 Å². The maximum absolute atomic E-state index is 13.6. The highest BCUT2D eigenvalue weighted by molar-refractivity contribution is 7.92. The zero-order valence-corrected chi connectivity index (χ0v) is 21.2. The number of likely N-dealkylation sites (N-methyl/N-ethyl adjacent to an activating group) is 1. The summed E-state index contributed by atoms with van der Waals surface area (Å²) in [4.78, 5) is 39.6. The van der Waals surface area contributed by atoms with Crippen LogP contribution in [0.3, 0.4) is 0 Å². The molecule has 184 valence electrons. The zero-order valence-electron chi connectivity index (χ0n) is 20.4. The molecule has 0 saturated heterocycles. The molecule has 0 saturated carbocycles. The third-order valence-corrected chi connectivity index (χ3v) is 6.70. The van der Waals surface area contributed by atoms with Gasteiger partial charge in [-0.05, 0) is 50.5 Å². The van der Waals surface area contributed by atoms with E-state index < -0.39 is 28.5 Å². The average Bonchev–Trinajstić information content (AvgIpc) is 2.77. The second-order valence-electron chi connectivity index (χ2n) is 8.14. The number of hydrogen-bond acceptors (Lipinski definition) is 5. The molecule has 2 rings (SSSR count). The Morgan fingerprint density at radius 2 is 1.71 bits per heavy atom. The molecule has 0 bridgehead atoms. The highest BCUT2D eigenvalue weighted by atomic mass is 32.2. The highest BCUT2D eigenvalue weighted by Crippen LogP contribution is 2.22. The van der Waals surface area contributed by atoms with Crippen molar-refractivity contribution in [1.29, 1.82) is 0 Å². The number of carbonyl (C=O) groups is 3. The topological polar surface area (TPSA) is 104 Å². The van der Waals surface area contributed by atoms with Crippen LogP contribution in [0.25, 0.3) is 0 Å². The molecule has 2 amide bonds. The van der Waals surface area contributed by atoms with Gasteiger partial charge in [-0.25, -0.2) is 8.42 Å². The molecular weight excluding hydrogens is 454 g/mol. The van der Waals surface area contributed by atoms with E-state index in [1.165, 1.54) is 24.0 Å². The minimum Gasteiger partial charge on any atom is -0.355 e. The fraction of sp³-hybridized carbons (Fsp3) is 0.400. The molecule has 0 fully saturated rings. The summed E-state index contributed by atoms with van der Waals surface area (Å²) in [6.45, 7) is 6.98. The predicted molar refractivity (Wildman–Crippen MR) is 133 cm³/mol. The molecule has 1 N–H and O–H groups in total. The Hall–Kier alpha value is -3.20. The number of anilines is 1. The summed E-state index contributed by atoms with van der Waals surface area (Å²) in [5.74, 6) is -1.03. The lowest BCUT2D eigenvalue weighted by Crippen LogP contribution is -2.52. The Labute approximate surface area is 202 Å². The van der Waals surface area contributed by atoms with Crippen molar-refractivity contribution < 1.29 is 22.8 Å². The van der Waals surface area contributed by atoms with Crippen LogP contribution in [0.2, 0.25) is 0 Å². The molecule has 2 aromatic carbocycles. The average molecular weight is 488 g/mol. The standard InChI is InChI=1S/C25H33N3O5S/c1-6-23(25(31)26-7-2)27(16-21-12-9-8-11-18(21)3)24(30)17-28(34(5,32)33)22-14-10-13-20(15-22)19(4)29/h8-15,23H,6-7,16-17H2,1-5H3,(H,26,31)/t23-/m0/s1. The first-order valence-corrected chi connectivity index (χ1v) is 13.0. The van der Waals surface area contributed by atoms with Gasteiger partial charge in [-0.2, -0.15) is 0 Å². The van der Waals surface area contributed by atoms with Crippen LogP contribution in [-0.2, 0) is 26.2 Å². The minimum absolute atomic E-state index is 0.159. The van der Waals surface area contributed by atoms with Gasteiger partial charge in [-0.3, -0.25) is 18.7 Å². The van der Waals surface area contributed by atoms with Crippen LogP contribution in [0.15, 0.2) is 48.5 Å². The Morgan fingerprint density at radius 3 is 2.26 bits per heavy atom. The van der Waals surface area contributed by atoms with E-state index in [0.717, 1.165) is 21.7 Å². The van der Waals surface area contributed by atoms with Crippen LogP contribution in [0, 0.1) is 6.92 Å². The van der Waals surface area contributed by atoms with E-state index in [-0.39, 0.29) is 23.9 Å². The molecule has 0 aliphatic carbocycles. The number of nitrogens with zero attached hydrogens (tertiary/aromatic N) is 2. The monoisotopic (exact) mass is 487 g/mol. The lowest BCUT2D eigenvalue weighted by molar-refractivity contribution is -0.140. The first-order valence-electron chi connectivity index (χ1n) is 11.2. The third kappa shape index (κ3) is 6.90. The van der Waals surface area contributed by atoms with E-state index in [0.29, 0.717) is 18.5 Å². The van der Waals surface area contributed by atoms with Gasteiger partial charge in [0.05, 0.1) is 11.9 Å². The number of ketones is 1. The largest absolute Gasteiger partial charge is 0.355 e. The lowest BCUT2D eigenvalue weighted by Gasteiger charge is -2.33. The van der Waals surface area contributed by atoms with Crippen molar-refractivity contribution in [2.75, 3.05) is 23.7 Å². The number of carbonyl (C=O) groups excluding carboxylic acids is 3. The van der Waals surface area contributed by atoms with Crippen LogP contribution in [0.1, 0.15) is 48.7 Å². The maximum Gasteiger partial charge on any atom is 0.244 e. The Bertz CT molecular complexity index is 1150. The van der Waals surface area contributed by atoms with Gasteiger partial charge in [0.25, 0.3) is 0 Å². The Kier molecular flexibility index (Phi) is 9.37. The summed E-state index contributed by atoms with van der Waals surface area (Å²) >= 11 is 0. The van der Waals surface area contributed by atoms with Crippen molar-refractivity contribution in [2.24, 2.45) is 0 Å². The first-order chi connectivity index (χ1) is 16.0. The van der Waals surface area contributed by atoms with Crippen LogP contribution in [0.4, 0.5) is 5.69 Å². The van der Waals surface area contributed by atoms with Gasteiger partial charge in [0.1, 0.15) is 12.6 Å². The van der Waals surface area contributed by atoms with Crippen molar-refractivity contribution in [2.45, 2.75) is 46.7 Å². The van der Waals surface area contributed by atoms with Gasteiger partial charge in [0.2, 0.25) is 21.8 Å². The second kappa shape index (κ2) is 11.8. The van der Waals surface area contributed by atoms with E-state index in [9.17, 15) is 22.8 Å². The molecule has 0 heterocycles. The molecule has 9 heteroatoms. The van der Waals surface area contributed by atoms with Crippen LogP contribution in [-0.4, -0.2) is 56.3 Å². The highest BCUT2D eigenvalue weighted by Gasteiger charge is 2.31. The summed E-state index contributed by atoms with van der Waals surface area (Å²) in [5.41, 5.74) is 2.37. The van der Waals surface area contributed by atoms with Crippen LogP contribution in [0.5, 0.6) is 0 Å². The quantitative estimate of drug-likeness (QED) is 0.491. The van der Waals surface area contributed by atoms with Crippen molar-refractivity contribution in [3.05, 3.63) is 65.2 Å². The molecule has 0 radical (unpaired) electrons. The van der Waals surface area contributed by atoms with Gasteiger partial charge in [0, 0.05) is 18.7 Å². The van der Waals surface area contributed by atoms with Crippen molar-refractivity contribution in [3.8, 4) is 0 Å². The summed E-state index contributed by atoms with van der Waals surface area (Å²) in [7, 11) is -3.86. The summed E-state index contributed by atoms with van der Waals surface area (Å²) < 4.78 is 26.3. The molecule has 0 unspecified atom stereocenters. The maximum atomic E-state index is 13.6. The number of sulfonamides is 1. The molecule has 1 atom stereocenters. The Balaban J connectivity index is 2.48. The number of nitrogens with one attached hydrogen (secondary N) is 1. The molecule has 2 aromatic rings. The molecular formula is C25H33N3O5S. The number of rotatable bonds is 11. The SMILES string of the molecule is CCNC(=O)[C@H](CC)N(Cc1ccccc1C)C(=O)CN(c1cccc(C(C)=O)c1)S(C)(=O)=O. The van der Waals surface area contributed by atoms with Gasteiger partial charge < -0.3 is 10.2 Å². The van der Waals surface area contributed by atoms with Crippen LogP contribution < -0.4 is 9.62 Å². The number of benzene rings is 2. The Morgan fingerprint density at radius 1 is 1.03 bits per heavy atom. The predicted octanol–water partition coefficient (Wildman–Crippen LogP) is 2.91. The van der Waals surface area contributed by atoms with Gasteiger partial charge in [-0.15, -0.1) is 0 Å². The van der Waals surface area contributed by atoms with Crippen molar-refractivity contribution in [3.63, 3.8) is 0 Å². The molecule has 8 nitrogen and oxygen atoms in total. The first kappa shape index (κ1) is 27.0. The molecule has 0 aliphatic rings. The lowest BCUT2D eigenvalue weighted by atomic mass is 10.1. The molecule has 34 heavy (non-hydrogen) atoms.